The van der Waals surface area contributed by atoms with Crippen LogP contribution < -0.4 is 0 Å². The van der Waals surface area contributed by atoms with Crippen molar-refractivity contribution in [3.05, 3.63) is 29.3 Å². The molecular weight excluding hydrogens is 288 g/mol. The van der Waals surface area contributed by atoms with Crippen molar-refractivity contribution in [2.75, 3.05) is 5.75 Å². The number of carbonyl (C=O) groups is 2. The van der Waals surface area contributed by atoms with Crippen LogP contribution in [0, 0.1) is 0 Å². The Labute approximate surface area is 127 Å². The van der Waals surface area contributed by atoms with Crippen LogP contribution in [-0.4, -0.2) is 33.5 Å². The van der Waals surface area contributed by atoms with Gasteiger partial charge in [0.25, 0.3) is 0 Å². The lowest BCUT2D eigenvalue weighted by atomic mass is 9.88. The maximum absolute atomic E-state index is 12.6. The lowest BCUT2D eigenvalue weighted by Crippen LogP contribution is -2.34. The average Bonchev–Trinajstić information content (AvgIpc) is 3.21. The Balaban J connectivity index is 1.76. The zero-order valence-electron chi connectivity index (χ0n) is 11.9. The van der Waals surface area contributed by atoms with Gasteiger partial charge in [-0.05, 0) is 18.2 Å². The molecule has 1 aromatic carbocycles. The summed E-state index contributed by atoms with van der Waals surface area (Å²) in [6.45, 7) is 2.15. The Morgan fingerprint density at radius 1 is 1.29 bits per heavy atom. The Hall–Kier alpha value is -1.33. The quantitative estimate of drug-likeness (QED) is 0.646. The summed E-state index contributed by atoms with van der Waals surface area (Å²) in [5.41, 5.74) is 0.405. The second-order valence-electron chi connectivity index (χ2n) is 5.47. The molecule has 1 aliphatic carbocycles. The van der Waals surface area contributed by atoms with Crippen LogP contribution in [-0.2, 0) is 4.74 Å². The maximum atomic E-state index is 12.6. The number of phenolic OH excluding ortho intramolecular Hbond substituents is 1. The highest BCUT2D eigenvalue weighted by molar-refractivity contribution is 8.01. The van der Waals surface area contributed by atoms with E-state index in [0.29, 0.717) is 0 Å². The molecule has 1 saturated heterocycles. The van der Waals surface area contributed by atoms with Crippen LogP contribution in [0.3, 0.4) is 0 Å². The van der Waals surface area contributed by atoms with E-state index in [0.717, 1.165) is 18.6 Å². The predicted octanol–water partition coefficient (Wildman–Crippen LogP) is 3.18. The first kappa shape index (κ1) is 14.6. The molecule has 0 amide bonds. The van der Waals surface area contributed by atoms with Gasteiger partial charge in [-0.2, -0.15) is 0 Å². The van der Waals surface area contributed by atoms with Crippen LogP contribution in [0.1, 0.15) is 53.3 Å². The number of unbranched alkanes of at least 4 members (excludes halogenated alkanes) is 3. The van der Waals surface area contributed by atoms with E-state index in [1.807, 2.05) is 0 Å². The molecule has 1 fully saturated rings. The number of carbonyl (C=O) groups excluding carboxylic acids is 2. The van der Waals surface area contributed by atoms with Gasteiger partial charge in [-0.15, -0.1) is 11.8 Å². The van der Waals surface area contributed by atoms with Crippen molar-refractivity contribution in [3.63, 3.8) is 0 Å². The molecular formula is C16H18O4S. The van der Waals surface area contributed by atoms with Gasteiger partial charge in [0, 0.05) is 5.56 Å². The monoisotopic (exact) mass is 306 g/mol. The summed E-state index contributed by atoms with van der Waals surface area (Å²) in [5.74, 6) is 0.217. The van der Waals surface area contributed by atoms with E-state index in [4.69, 9.17) is 4.74 Å². The second-order valence-corrected chi connectivity index (χ2v) is 6.77. The largest absolute Gasteiger partial charge is 0.507 e. The van der Waals surface area contributed by atoms with Crippen LogP contribution in [0.15, 0.2) is 18.2 Å². The van der Waals surface area contributed by atoms with E-state index in [9.17, 15) is 14.7 Å². The zero-order chi connectivity index (χ0) is 15.0. The molecule has 1 aromatic rings. The molecule has 1 heterocycles. The highest BCUT2D eigenvalue weighted by atomic mass is 32.2. The van der Waals surface area contributed by atoms with Gasteiger partial charge in [-0.3, -0.25) is 9.59 Å². The minimum Gasteiger partial charge on any atom is -0.507 e. The third kappa shape index (κ3) is 2.28. The third-order valence-corrected chi connectivity index (χ3v) is 5.40. The van der Waals surface area contributed by atoms with Crippen LogP contribution in [0.25, 0.3) is 0 Å². The summed E-state index contributed by atoms with van der Waals surface area (Å²) in [6.07, 6.45) is 3.77. The number of benzene rings is 1. The molecule has 0 spiro atoms. The van der Waals surface area contributed by atoms with Gasteiger partial charge < -0.3 is 9.84 Å². The van der Waals surface area contributed by atoms with Gasteiger partial charge >= 0.3 is 0 Å². The highest BCUT2D eigenvalue weighted by Crippen LogP contribution is 2.54. The zero-order valence-corrected chi connectivity index (χ0v) is 12.7. The van der Waals surface area contributed by atoms with E-state index in [1.54, 1.807) is 12.1 Å². The molecule has 0 aromatic heterocycles. The van der Waals surface area contributed by atoms with Crippen LogP contribution >= 0.6 is 11.8 Å². The van der Waals surface area contributed by atoms with Crippen molar-refractivity contribution in [2.45, 2.75) is 43.6 Å². The molecule has 2 aliphatic rings. The van der Waals surface area contributed by atoms with Crippen LogP contribution in [0.2, 0.25) is 0 Å². The van der Waals surface area contributed by atoms with E-state index in [1.165, 1.54) is 30.7 Å². The van der Waals surface area contributed by atoms with E-state index < -0.39 is 11.0 Å². The van der Waals surface area contributed by atoms with E-state index in [-0.39, 0.29) is 28.4 Å². The number of thioether (sulfide) groups is 1. The van der Waals surface area contributed by atoms with Gasteiger partial charge in [0.2, 0.25) is 16.5 Å². The first-order valence-corrected chi connectivity index (χ1v) is 8.33. The molecule has 2 atom stereocenters. The summed E-state index contributed by atoms with van der Waals surface area (Å²) >= 11 is 1.43. The molecule has 112 valence electrons. The molecule has 0 saturated carbocycles. The normalized spacial score (nSPS) is 26.4. The Kier molecular flexibility index (Phi) is 3.80. The minimum atomic E-state index is -1.02. The first-order chi connectivity index (χ1) is 10.1. The highest BCUT2D eigenvalue weighted by Gasteiger charge is 2.69. The van der Waals surface area contributed by atoms with Gasteiger partial charge in [-0.1, -0.05) is 38.3 Å². The van der Waals surface area contributed by atoms with Crippen molar-refractivity contribution in [1.29, 1.82) is 0 Å². The number of hydrogen-bond acceptors (Lipinski definition) is 5. The van der Waals surface area contributed by atoms with E-state index >= 15 is 0 Å². The molecule has 5 heteroatoms. The molecule has 21 heavy (non-hydrogen) atoms. The summed E-state index contributed by atoms with van der Waals surface area (Å²) in [6, 6.07) is 4.60. The summed E-state index contributed by atoms with van der Waals surface area (Å²) < 4.78 is 5.49. The van der Waals surface area contributed by atoms with Gasteiger partial charge in [0.15, 0.2) is 6.10 Å². The molecule has 4 nitrogen and oxygen atoms in total. The van der Waals surface area contributed by atoms with Crippen molar-refractivity contribution in [1.82, 2.24) is 0 Å². The van der Waals surface area contributed by atoms with Crippen molar-refractivity contribution in [3.8, 4) is 5.75 Å². The summed E-state index contributed by atoms with van der Waals surface area (Å²) in [7, 11) is 0. The molecule has 2 unspecified atom stereocenters. The Morgan fingerprint density at radius 3 is 2.86 bits per heavy atom. The van der Waals surface area contributed by atoms with Crippen LogP contribution in [0.5, 0.6) is 5.75 Å². The van der Waals surface area contributed by atoms with Gasteiger partial charge in [0.1, 0.15) is 5.75 Å². The Morgan fingerprint density at radius 2 is 2.10 bits per heavy atom. The summed E-state index contributed by atoms with van der Waals surface area (Å²) in [4.78, 5) is 23.9. The number of phenols is 1. The number of ketones is 2. The minimum absolute atomic E-state index is 0.118. The van der Waals surface area contributed by atoms with Crippen molar-refractivity contribution < 1.29 is 19.4 Å². The molecule has 1 N–H and O–H groups in total. The summed E-state index contributed by atoms with van der Waals surface area (Å²) in [5, 5.41) is 9.80. The van der Waals surface area contributed by atoms with Gasteiger partial charge in [-0.25, -0.2) is 0 Å². The number of hydrogen-bond donors (Lipinski definition) is 1. The number of aromatic hydroxyl groups is 1. The topological polar surface area (TPSA) is 66.9 Å². The number of Topliss-reactive ketones (excluding diaryl/α,β-unsaturated/α-hetero) is 2. The first-order valence-electron chi connectivity index (χ1n) is 7.34. The second kappa shape index (κ2) is 5.46. The third-order valence-electron chi connectivity index (χ3n) is 3.98. The number of rotatable bonds is 6. The SMILES string of the molecule is CCCCCCSC12OC1C(=O)c1c(O)cccc1C2=O. The smallest absolute Gasteiger partial charge is 0.211 e. The van der Waals surface area contributed by atoms with Crippen molar-refractivity contribution in [2.24, 2.45) is 0 Å². The average molecular weight is 306 g/mol. The molecule has 0 bridgehead atoms. The fourth-order valence-electron chi connectivity index (χ4n) is 2.77. The lowest BCUT2D eigenvalue weighted by Gasteiger charge is -2.18. The van der Waals surface area contributed by atoms with Crippen molar-refractivity contribution >= 4 is 23.3 Å². The van der Waals surface area contributed by atoms with E-state index in [2.05, 4.69) is 6.92 Å². The standard InChI is InChI=1S/C16H18O4S/c1-2-3-4-5-9-21-16-14(19)10-7-6-8-11(17)12(10)13(18)15(16)20-16/h6-8,15,17H,2-5,9H2,1H3. The van der Waals surface area contributed by atoms with Gasteiger partial charge in [0.05, 0.1) is 5.56 Å². The maximum Gasteiger partial charge on any atom is 0.211 e. The molecule has 3 rings (SSSR count). The predicted molar refractivity (Wildman–Crippen MR) is 81.0 cm³/mol. The molecule has 1 aliphatic heterocycles. The lowest BCUT2D eigenvalue weighted by molar-refractivity contribution is 0.0909. The molecule has 0 radical (unpaired) electrons. The fourth-order valence-corrected chi connectivity index (χ4v) is 4.09. The number of ether oxygens (including phenoxy) is 1. The Bertz CT molecular complexity index is 598. The number of fused-ring (bicyclic) bond motifs is 2. The number of epoxide rings is 1. The fraction of sp³-hybridized carbons (Fsp3) is 0.500. The van der Waals surface area contributed by atoms with Crippen LogP contribution in [0.4, 0.5) is 0 Å².